The quantitative estimate of drug-likeness (QED) is 0.834. The van der Waals surface area contributed by atoms with Crippen molar-refractivity contribution in [2.75, 3.05) is 6.54 Å². The largest absolute Gasteiger partial charge is 0.288 e. The number of fused-ring (bicyclic) bond motifs is 2. The van der Waals surface area contributed by atoms with Crippen LogP contribution in [0.2, 0.25) is 0 Å². The zero-order valence-electron chi connectivity index (χ0n) is 12.0. The van der Waals surface area contributed by atoms with E-state index in [0.717, 1.165) is 18.9 Å². The maximum absolute atomic E-state index is 4.18. The summed E-state index contributed by atoms with van der Waals surface area (Å²) in [5.74, 6) is 0.945. The van der Waals surface area contributed by atoms with Crippen LogP contribution in [0.4, 0.5) is 0 Å². The standard InChI is InChI=1S/C15H19N5/c1-11(14-16-17-18-19(14)2)20-9-12-5-3-4-6-13(12)15(10-20)7-8-15/h3-6,11H,7-10H2,1-2H3. The predicted octanol–water partition coefficient (Wildman–Crippen LogP) is 1.82. The lowest BCUT2D eigenvalue weighted by Gasteiger charge is -2.38. The number of nitrogens with zero attached hydrogens (tertiary/aromatic N) is 5. The van der Waals surface area contributed by atoms with E-state index in [1.807, 2.05) is 7.05 Å². The molecule has 5 nitrogen and oxygen atoms in total. The van der Waals surface area contributed by atoms with Gasteiger partial charge in [0.15, 0.2) is 5.82 Å². The molecule has 20 heavy (non-hydrogen) atoms. The summed E-state index contributed by atoms with van der Waals surface area (Å²) < 4.78 is 1.78. The minimum absolute atomic E-state index is 0.251. The molecule has 1 aromatic carbocycles. The summed E-state index contributed by atoms with van der Waals surface area (Å²) in [5.41, 5.74) is 3.44. The van der Waals surface area contributed by atoms with E-state index >= 15 is 0 Å². The van der Waals surface area contributed by atoms with Gasteiger partial charge in [0.25, 0.3) is 0 Å². The third-order valence-corrected chi connectivity index (χ3v) is 4.90. The van der Waals surface area contributed by atoms with E-state index < -0.39 is 0 Å². The van der Waals surface area contributed by atoms with Gasteiger partial charge in [0.1, 0.15) is 0 Å². The highest BCUT2D eigenvalue weighted by atomic mass is 15.5. The summed E-state index contributed by atoms with van der Waals surface area (Å²) in [7, 11) is 1.91. The minimum atomic E-state index is 0.251. The molecule has 2 heterocycles. The molecular weight excluding hydrogens is 250 g/mol. The summed E-state index contributed by atoms with van der Waals surface area (Å²) in [4.78, 5) is 2.51. The van der Waals surface area contributed by atoms with Crippen LogP contribution in [0.1, 0.15) is 42.8 Å². The third kappa shape index (κ3) is 1.69. The van der Waals surface area contributed by atoms with Crippen molar-refractivity contribution in [2.45, 2.75) is 37.8 Å². The van der Waals surface area contributed by atoms with E-state index in [0.29, 0.717) is 5.41 Å². The first-order valence-corrected chi connectivity index (χ1v) is 7.24. The highest BCUT2D eigenvalue weighted by Gasteiger charge is 2.49. The number of tetrazole rings is 1. The zero-order chi connectivity index (χ0) is 13.7. The van der Waals surface area contributed by atoms with Crippen LogP contribution in [-0.4, -0.2) is 31.7 Å². The van der Waals surface area contributed by atoms with Crippen molar-refractivity contribution in [1.82, 2.24) is 25.1 Å². The topological polar surface area (TPSA) is 46.8 Å². The van der Waals surface area contributed by atoms with Gasteiger partial charge in [0.2, 0.25) is 0 Å². The van der Waals surface area contributed by atoms with Crippen LogP contribution in [0.25, 0.3) is 0 Å². The average Bonchev–Trinajstić information content (AvgIpc) is 3.09. The lowest BCUT2D eigenvalue weighted by atomic mass is 9.86. The molecule has 1 fully saturated rings. The predicted molar refractivity (Wildman–Crippen MR) is 75.0 cm³/mol. The van der Waals surface area contributed by atoms with Crippen molar-refractivity contribution in [2.24, 2.45) is 7.05 Å². The van der Waals surface area contributed by atoms with Crippen molar-refractivity contribution in [3.63, 3.8) is 0 Å². The Kier molecular flexibility index (Phi) is 2.48. The zero-order valence-corrected chi connectivity index (χ0v) is 12.0. The van der Waals surface area contributed by atoms with E-state index in [9.17, 15) is 0 Å². The van der Waals surface area contributed by atoms with E-state index in [1.54, 1.807) is 10.2 Å². The molecule has 5 heteroatoms. The molecule has 1 saturated carbocycles. The Labute approximate surface area is 118 Å². The molecule has 4 rings (SSSR count). The summed E-state index contributed by atoms with van der Waals surface area (Å²) in [6.45, 7) is 4.32. The Balaban J connectivity index is 1.68. The molecule has 0 saturated heterocycles. The molecule has 1 unspecified atom stereocenters. The Hall–Kier alpha value is -1.75. The van der Waals surface area contributed by atoms with Crippen LogP contribution in [0.15, 0.2) is 24.3 Å². The second-order valence-electron chi connectivity index (χ2n) is 6.18. The number of rotatable bonds is 2. The van der Waals surface area contributed by atoms with Gasteiger partial charge in [-0.05, 0) is 41.3 Å². The van der Waals surface area contributed by atoms with Gasteiger partial charge in [-0.25, -0.2) is 4.68 Å². The lowest BCUT2D eigenvalue weighted by Crippen LogP contribution is -2.40. The van der Waals surface area contributed by atoms with Crippen molar-refractivity contribution in [3.8, 4) is 0 Å². The average molecular weight is 269 g/mol. The van der Waals surface area contributed by atoms with Crippen LogP contribution in [-0.2, 0) is 19.0 Å². The van der Waals surface area contributed by atoms with Gasteiger partial charge < -0.3 is 0 Å². The van der Waals surface area contributed by atoms with Crippen molar-refractivity contribution < 1.29 is 0 Å². The van der Waals surface area contributed by atoms with Crippen molar-refractivity contribution in [3.05, 3.63) is 41.2 Å². The fraction of sp³-hybridized carbons (Fsp3) is 0.533. The first-order chi connectivity index (χ1) is 9.70. The molecule has 104 valence electrons. The van der Waals surface area contributed by atoms with E-state index in [2.05, 4.69) is 51.6 Å². The molecule has 0 bridgehead atoms. The molecule has 0 N–H and O–H groups in total. The number of benzene rings is 1. The number of hydrogen-bond donors (Lipinski definition) is 0. The van der Waals surface area contributed by atoms with E-state index in [-0.39, 0.29) is 6.04 Å². The van der Waals surface area contributed by atoms with E-state index in [4.69, 9.17) is 0 Å². The Morgan fingerprint density at radius 2 is 2.05 bits per heavy atom. The number of hydrogen-bond acceptors (Lipinski definition) is 4. The summed E-state index contributed by atoms with van der Waals surface area (Å²) in [5, 5.41) is 11.9. The number of aromatic nitrogens is 4. The molecule has 1 aromatic heterocycles. The third-order valence-electron chi connectivity index (χ3n) is 4.90. The fourth-order valence-corrected chi connectivity index (χ4v) is 3.53. The van der Waals surface area contributed by atoms with Gasteiger partial charge in [0.05, 0.1) is 6.04 Å². The first-order valence-electron chi connectivity index (χ1n) is 7.24. The van der Waals surface area contributed by atoms with Gasteiger partial charge in [-0.15, -0.1) is 5.10 Å². The molecule has 2 aliphatic rings. The van der Waals surface area contributed by atoms with Crippen LogP contribution >= 0.6 is 0 Å². The fourth-order valence-electron chi connectivity index (χ4n) is 3.53. The van der Waals surface area contributed by atoms with Gasteiger partial charge in [-0.1, -0.05) is 24.3 Å². The Bertz CT molecular complexity index is 643. The molecule has 1 spiro atoms. The van der Waals surface area contributed by atoms with Gasteiger partial charge in [-0.3, -0.25) is 4.90 Å². The van der Waals surface area contributed by atoms with Crippen LogP contribution in [0.3, 0.4) is 0 Å². The molecule has 0 amide bonds. The van der Waals surface area contributed by atoms with Crippen molar-refractivity contribution in [1.29, 1.82) is 0 Å². The molecule has 0 radical (unpaired) electrons. The van der Waals surface area contributed by atoms with Gasteiger partial charge >= 0.3 is 0 Å². The first kappa shape index (κ1) is 12.0. The summed E-state index contributed by atoms with van der Waals surface area (Å²) in [6, 6.07) is 9.15. The molecule has 1 aliphatic carbocycles. The SMILES string of the molecule is CC(c1nnnn1C)N1Cc2ccccc2C2(CC2)C1. The highest BCUT2D eigenvalue weighted by Crippen LogP contribution is 2.53. The number of aryl methyl sites for hydroxylation is 1. The maximum Gasteiger partial charge on any atom is 0.167 e. The maximum atomic E-state index is 4.18. The van der Waals surface area contributed by atoms with Crippen LogP contribution < -0.4 is 0 Å². The van der Waals surface area contributed by atoms with E-state index in [1.165, 1.54) is 18.4 Å². The van der Waals surface area contributed by atoms with Crippen LogP contribution in [0.5, 0.6) is 0 Å². The molecule has 1 atom stereocenters. The monoisotopic (exact) mass is 269 g/mol. The second-order valence-corrected chi connectivity index (χ2v) is 6.18. The highest BCUT2D eigenvalue weighted by molar-refractivity contribution is 5.41. The van der Waals surface area contributed by atoms with Crippen LogP contribution in [0, 0.1) is 0 Å². The lowest BCUT2D eigenvalue weighted by molar-refractivity contribution is 0.157. The van der Waals surface area contributed by atoms with Crippen molar-refractivity contribution >= 4 is 0 Å². The Morgan fingerprint density at radius 1 is 1.25 bits per heavy atom. The van der Waals surface area contributed by atoms with Gasteiger partial charge in [-0.2, -0.15) is 0 Å². The smallest absolute Gasteiger partial charge is 0.167 e. The normalized spacial score (nSPS) is 21.7. The molecular formula is C15H19N5. The molecule has 2 aromatic rings. The van der Waals surface area contributed by atoms with Gasteiger partial charge in [0, 0.05) is 25.6 Å². The minimum Gasteiger partial charge on any atom is -0.288 e. The Morgan fingerprint density at radius 3 is 2.75 bits per heavy atom. The second kappa shape index (κ2) is 4.12. The summed E-state index contributed by atoms with van der Waals surface area (Å²) >= 11 is 0. The summed E-state index contributed by atoms with van der Waals surface area (Å²) in [6.07, 6.45) is 2.62. The molecule has 1 aliphatic heterocycles.